The molecular formula is C10H22N2O2. The van der Waals surface area contributed by atoms with Gasteiger partial charge in [0, 0.05) is 6.54 Å². The second-order valence-electron chi connectivity index (χ2n) is 4.26. The summed E-state index contributed by atoms with van der Waals surface area (Å²) in [6.07, 6.45) is 0. The first kappa shape index (κ1) is 13.4. The van der Waals surface area contributed by atoms with Crippen LogP contribution >= 0.6 is 0 Å². The molecular weight excluding hydrogens is 180 g/mol. The van der Waals surface area contributed by atoms with Crippen LogP contribution in [0.5, 0.6) is 0 Å². The number of nitrogens with one attached hydrogen (secondary N) is 1. The molecule has 1 unspecified atom stereocenters. The summed E-state index contributed by atoms with van der Waals surface area (Å²) in [5.74, 6) is 0.360. The lowest BCUT2D eigenvalue weighted by molar-refractivity contribution is -0.139. The third kappa shape index (κ3) is 5.19. The number of amides is 1. The highest BCUT2D eigenvalue weighted by molar-refractivity contribution is 5.78. The zero-order valence-corrected chi connectivity index (χ0v) is 9.54. The van der Waals surface area contributed by atoms with Crippen molar-refractivity contribution < 1.29 is 9.63 Å². The summed E-state index contributed by atoms with van der Waals surface area (Å²) >= 11 is 0. The number of carbonyl (C=O) groups is 1. The van der Waals surface area contributed by atoms with Gasteiger partial charge in [-0.1, -0.05) is 27.7 Å². The van der Waals surface area contributed by atoms with Crippen molar-refractivity contribution in [3.8, 4) is 0 Å². The Bertz CT molecular complexity index is 170. The molecule has 0 aliphatic carbocycles. The molecule has 0 aromatic rings. The Labute approximate surface area is 86.1 Å². The molecule has 3 N–H and O–H groups in total. The van der Waals surface area contributed by atoms with Gasteiger partial charge in [0.25, 0.3) is 0 Å². The van der Waals surface area contributed by atoms with E-state index in [0.717, 1.165) is 0 Å². The fourth-order valence-corrected chi connectivity index (χ4v) is 1.04. The van der Waals surface area contributed by atoms with E-state index in [-0.39, 0.29) is 17.7 Å². The van der Waals surface area contributed by atoms with E-state index in [0.29, 0.717) is 19.1 Å². The van der Waals surface area contributed by atoms with Gasteiger partial charge in [-0.25, -0.2) is 5.48 Å². The Kier molecular flexibility index (Phi) is 6.49. The average molecular weight is 202 g/mol. The van der Waals surface area contributed by atoms with Crippen LogP contribution in [0.4, 0.5) is 0 Å². The van der Waals surface area contributed by atoms with Crippen LogP contribution in [0.15, 0.2) is 0 Å². The normalized spacial score (nSPS) is 13.4. The Morgan fingerprint density at radius 2 is 1.93 bits per heavy atom. The van der Waals surface area contributed by atoms with Crippen molar-refractivity contribution in [2.45, 2.75) is 27.7 Å². The predicted octanol–water partition coefficient (Wildman–Crippen LogP) is 0.921. The molecule has 0 saturated heterocycles. The quantitative estimate of drug-likeness (QED) is 0.629. The topological polar surface area (TPSA) is 64.3 Å². The van der Waals surface area contributed by atoms with Crippen LogP contribution in [0.1, 0.15) is 27.7 Å². The van der Waals surface area contributed by atoms with Gasteiger partial charge >= 0.3 is 0 Å². The lowest BCUT2D eigenvalue weighted by Gasteiger charge is -2.18. The van der Waals surface area contributed by atoms with Crippen LogP contribution in [0, 0.1) is 17.8 Å². The first-order valence-electron chi connectivity index (χ1n) is 5.10. The molecule has 4 heteroatoms. The van der Waals surface area contributed by atoms with Crippen LogP contribution in [0.25, 0.3) is 0 Å². The average Bonchev–Trinajstić information content (AvgIpc) is 2.03. The van der Waals surface area contributed by atoms with Crippen LogP contribution in [0.3, 0.4) is 0 Å². The minimum absolute atomic E-state index is 0.122. The van der Waals surface area contributed by atoms with Crippen molar-refractivity contribution in [1.82, 2.24) is 5.48 Å². The lowest BCUT2D eigenvalue weighted by atomic mass is 9.95. The van der Waals surface area contributed by atoms with E-state index in [2.05, 4.69) is 5.48 Å². The second-order valence-corrected chi connectivity index (χ2v) is 4.26. The molecule has 0 aliphatic heterocycles. The molecule has 0 bridgehead atoms. The Morgan fingerprint density at radius 1 is 1.36 bits per heavy atom. The Morgan fingerprint density at radius 3 is 2.29 bits per heavy atom. The van der Waals surface area contributed by atoms with Crippen molar-refractivity contribution in [2.24, 2.45) is 23.5 Å². The van der Waals surface area contributed by atoms with Gasteiger partial charge in [0.1, 0.15) is 0 Å². The van der Waals surface area contributed by atoms with E-state index in [1.165, 1.54) is 0 Å². The van der Waals surface area contributed by atoms with Gasteiger partial charge < -0.3 is 5.73 Å². The number of hydrogen-bond acceptors (Lipinski definition) is 3. The number of hydrogen-bond donors (Lipinski definition) is 2. The molecule has 0 heterocycles. The zero-order chi connectivity index (χ0) is 11.1. The number of hydroxylamine groups is 1. The number of rotatable bonds is 6. The highest BCUT2D eigenvalue weighted by Gasteiger charge is 2.20. The highest BCUT2D eigenvalue weighted by Crippen LogP contribution is 2.08. The van der Waals surface area contributed by atoms with E-state index < -0.39 is 0 Å². The third-order valence-electron chi connectivity index (χ3n) is 1.98. The molecule has 0 aromatic heterocycles. The van der Waals surface area contributed by atoms with Crippen LogP contribution < -0.4 is 11.2 Å². The van der Waals surface area contributed by atoms with E-state index in [1.54, 1.807) is 0 Å². The minimum Gasteiger partial charge on any atom is -0.330 e. The second kappa shape index (κ2) is 6.79. The van der Waals surface area contributed by atoms with Gasteiger partial charge in [0.2, 0.25) is 5.91 Å². The summed E-state index contributed by atoms with van der Waals surface area (Å²) in [5.41, 5.74) is 7.92. The first-order valence-corrected chi connectivity index (χ1v) is 5.10. The molecule has 0 rings (SSSR count). The fourth-order valence-electron chi connectivity index (χ4n) is 1.04. The van der Waals surface area contributed by atoms with Gasteiger partial charge in [-0.15, -0.1) is 0 Å². The summed E-state index contributed by atoms with van der Waals surface area (Å²) in [6.45, 7) is 8.87. The summed E-state index contributed by atoms with van der Waals surface area (Å²) in [5, 5.41) is 0. The summed E-state index contributed by atoms with van der Waals surface area (Å²) in [4.78, 5) is 16.5. The van der Waals surface area contributed by atoms with Gasteiger partial charge in [-0.05, 0) is 11.8 Å². The largest absolute Gasteiger partial charge is 0.330 e. The van der Waals surface area contributed by atoms with Crippen molar-refractivity contribution >= 4 is 5.91 Å². The maximum atomic E-state index is 11.5. The molecule has 0 radical (unpaired) electrons. The summed E-state index contributed by atoms with van der Waals surface area (Å²) in [6, 6.07) is 0. The predicted molar refractivity (Wildman–Crippen MR) is 56.3 cm³/mol. The molecule has 0 spiro atoms. The zero-order valence-electron chi connectivity index (χ0n) is 9.54. The molecule has 0 fully saturated rings. The van der Waals surface area contributed by atoms with Gasteiger partial charge in [-0.2, -0.15) is 0 Å². The van der Waals surface area contributed by atoms with E-state index >= 15 is 0 Å². The standard InChI is InChI=1S/C10H22N2O2/c1-7(2)6-14-12-10(13)9(5-11)8(3)4/h7-9H,5-6,11H2,1-4H3,(H,12,13). The molecule has 0 aliphatic rings. The molecule has 4 nitrogen and oxygen atoms in total. The smallest absolute Gasteiger partial charge is 0.248 e. The first-order chi connectivity index (χ1) is 6.49. The van der Waals surface area contributed by atoms with Crippen molar-refractivity contribution in [2.75, 3.05) is 13.2 Å². The fraction of sp³-hybridized carbons (Fsp3) is 0.900. The van der Waals surface area contributed by atoms with E-state index in [9.17, 15) is 4.79 Å². The van der Waals surface area contributed by atoms with E-state index in [4.69, 9.17) is 10.6 Å². The van der Waals surface area contributed by atoms with Crippen molar-refractivity contribution in [1.29, 1.82) is 0 Å². The SMILES string of the molecule is CC(C)CONC(=O)C(CN)C(C)C. The summed E-state index contributed by atoms with van der Waals surface area (Å²) < 4.78 is 0. The van der Waals surface area contributed by atoms with Crippen LogP contribution in [-0.2, 0) is 9.63 Å². The van der Waals surface area contributed by atoms with E-state index in [1.807, 2.05) is 27.7 Å². The summed E-state index contributed by atoms with van der Waals surface area (Å²) in [7, 11) is 0. The lowest BCUT2D eigenvalue weighted by Crippen LogP contribution is -2.38. The number of carbonyl (C=O) groups excluding carboxylic acids is 1. The molecule has 1 atom stereocenters. The van der Waals surface area contributed by atoms with Gasteiger partial charge in [-0.3, -0.25) is 9.63 Å². The maximum Gasteiger partial charge on any atom is 0.248 e. The number of nitrogens with two attached hydrogens (primary N) is 1. The minimum atomic E-state index is -0.165. The monoisotopic (exact) mass is 202 g/mol. The Balaban J connectivity index is 3.81. The molecule has 1 amide bonds. The van der Waals surface area contributed by atoms with Gasteiger partial charge in [0.15, 0.2) is 0 Å². The van der Waals surface area contributed by atoms with Crippen molar-refractivity contribution in [3.63, 3.8) is 0 Å². The Hall–Kier alpha value is -0.610. The third-order valence-corrected chi connectivity index (χ3v) is 1.98. The molecule has 14 heavy (non-hydrogen) atoms. The molecule has 0 saturated carbocycles. The van der Waals surface area contributed by atoms with Crippen LogP contribution in [-0.4, -0.2) is 19.1 Å². The van der Waals surface area contributed by atoms with Crippen molar-refractivity contribution in [3.05, 3.63) is 0 Å². The van der Waals surface area contributed by atoms with Crippen LogP contribution in [0.2, 0.25) is 0 Å². The highest BCUT2D eigenvalue weighted by atomic mass is 16.6. The molecule has 0 aromatic carbocycles. The van der Waals surface area contributed by atoms with Gasteiger partial charge in [0.05, 0.1) is 12.5 Å². The maximum absolute atomic E-state index is 11.5. The molecule has 84 valence electrons.